The highest BCUT2D eigenvalue weighted by Gasteiger charge is 2.30. The molecule has 0 saturated heterocycles. The molecule has 0 unspecified atom stereocenters. The number of halogens is 3. The molecule has 0 aliphatic rings. The molecule has 3 rings (SSSR count). The van der Waals surface area contributed by atoms with E-state index in [4.69, 9.17) is 0 Å². The van der Waals surface area contributed by atoms with Crippen molar-refractivity contribution in [1.82, 2.24) is 9.88 Å². The van der Waals surface area contributed by atoms with Gasteiger partial charge in [0.25, 0.3) is 5.91 Å². The second-order valence-electron chi connectivity index (χ2n) is 6.40. The Balaban J connectivity index is 2.39. The first-order chi connectivity index (χ1) is 13.2. The summed E-state index contributed by atoms with van der Waals surface area (Å²) >= 11 is 0. The molecule has 0 radical (unpaired) electrons. The summed E-state index contributed by atoms with van der Waals surface area (Å²) in [6.07, 6.45) is 0. The molecule has 1 amide bonds. The van der Waals surface area contributed by atoms with E-state index in [0.717, 1.165) is 22.8 Å². The summed E-state index contributed by atoms with van der Waals surface area (Å²) in [7, 11) is 1.40. The Kier molecular flexibility index (Phi) is 4.89. The second-order valence-corrected chi connectivity index (χ2v) is 6.40. The lowest BCUT2D eigenvalue weighted by Gasteiger charge is -2.12. The first-order valence-electron chi connectivity index (χ1n) is 8.42. The highest BCUT2D eigenvalue weighted by Crippen LogP contribution is 2.38. The Bertz CT molecular complexity index is 1120. The summed E-state index contributed by atoms with van der Waals surface area (Å²) in [4.78, 5) is 25.2. The maximum absolute atomic E-state index is 14.8. The quantitative estimate of drug-likeness (QED) is 0.718. The molecule has 8 heteroatoms. The third-order valence-electron chi connectivity index (χ3n) is 4.76. The third-order valence-corrected chi connectivity index (χ3v) is 4.76. The molecular weight excluding hydrogens is 373 g/mol. The lowest BCUT2D eigenvalue weighted by molar-refractivity contribution is -0.121. The molecule has 1 aromatic heterocycles. The van der Waals surface area contributed by atoms with E-state index in [9.17, 15) is 27.9 Å². The number of phenolic OH excluding ortho intramolecular Hbond substituents is 1. The van der Waals surface area contributed by atoms with E-state index in [2.05, 4.69) is 5.32 Å². The number of benzene rings is 2. The van der Waals surface area contributed by atoms with E-state index >= 15 is 0 Å². The van der Waals surface area contributed by atoms with Gasteiger partial charge < -0.3 is 10.4 Å². The summed E-state index contributed by atoms with van der Waals surface area (Å²) in [6, 6.07) is 5.69. The molecule has 0 fully saturated rings. The Hall–Kier alpha value is -3.29. The molecule has 3 aromatic rings. The molecule has 28 heavy (non-hydrogen) atoms. The van der Waals surface area contributed by atoms with Crippen molar-refractivity contribution in [2.24, 2.45) is 0 Å². The Morgan fingerprint density at radius 3 is 2.46 bits per heavy atom. The number of amides is 1. The normalized spacial score (nSPS) is 12.2. The van der Waals surface area contributed by atoms with Crippen molar-refractivity contribution in [2.75, 3.05) is 7.05 Å². The van der Waals surface area contributed by atoms with Gasteiger partial charge in [-0.15, -0.1) is 0 Å². The van der Waals surface area contributed by atoms with Crippen molar-refractivity contribution in [2.45, 2.75) is 19.8 Å². The van der Waals surface area contributed by atoms with Crippen LogP contribution in [0.2, 0.25) is 0 Å². The molecule has 0 aliphatic heterocycles. The van der Waals surface area contributed by atoms with Crippen LogP contribution in [0.15, 0.2) is 30.3 Å². The summed E-state index contributed by atoms with van der Waals surface area (Å²) in [5, 5.41) is 11.9. The number of carbonyl (C=O) groups excluding carboxylic acids is 2. The van der Waals surface area contributed by atoms with Crippen LogP contribution in [0.3, 0.4) is 0 Å². The van der Waals surface area contributed by atoms with Gasteiger partial charge >= 0.3 is 0 Å². The SMILES string of the molecule is CNC(=O)[C@@H](C)c1c(C)n(C(=O)c2cccc(F)c2)c2cc(F)c(O)c(F)c12. The van der Waals surface area contributed by atoms with Crippen LogP contribution < -0.4 is 5.32 Å². The van der Waals surface area contributed by atoms with E-state index in [0.29, 0.717) is 0 Å². The van der Waals surface area contributed by atoms with Gasteiger partial charge in [-0.1, -0.05) is 6.07 Å². The van der Waals surface area contributed by atoms with Crippen molar-refractivity contribution >= 4 is 22.7 Å². The van der Waals surface area contributed by atoms with E-state index in [1.165, 1.54) is 33.0 Å². The number of carbonyl (C=O) groups is 2. The summed E-state index contributed by atoms with van der Waals surface area (Å²) in [5.41, 5.74) is 0.120. The fraction of sp³-hybridized carbons (Fsp3) is 0.200. The van der Waals surface area contributed by atoms with E-state index in [-0.39, 0.29) is 27.7 Å². The van der Waals surface area contributed by atoms with Crippen LogP contribution >= 0.6 is 0 Å². The number of fused-ring (bicyclic) bond motifs is 1. The Morgan fingerprint density at radius 2 is 1.86 bits per heavy atom. The summed E-state index contributed by atoms with van der Waals surface area (Å²) < 4.78 is 43.4. The molecule has 5 nitrogen and oxygen atoms in total. The minimum Gasteiger partial charge on any atom is -0.503 e. The van der Waals surface area contributed by atoms with Gasteiger partial charge in [0.1, 0.15) is 5.82 Å². The number of aromatic hydroxyl groups is 1. The topological polar surface area (TPSA) is 71.3 Å². The number of hydrogen-bond donors (Lipinski definition) is 2. The van der Waals surface area contributed by atoms with E-state index in [1.807, 2.05) is 0 Å². The van der Waals surface area contributed by atoms with Crippen LogP contribution in [0.4, 0.5) is 13.2 Å². The van der Waals surface area contributed by atoms with Crippen molar-refractivity contribution in [3.63, 3.8) is 0 Å². The molecule has 0 saturated carbocycles. The van der Waals surface area contributed by atoms with Gasteiger partial charge in [0.2, 0.25) is 5.91 Å². The first-order valence-corrected chi connectivity index (χ1v) is 8.42. The average molecular weight is 390 g/mol. The molecule has 146 valence electrons. The smallest absolute Gasteiger partial charge is 0.262 e. The number of phenols is 1. The largest absolute Gasteiger partial charge is 0.503 e. The lowest BCUT2D eigenvalue weighted by atomic mass is 9.96. The first kappa shape index (κ1) is 19.5. The number of nitrogens with zero attached hydrogens (tertiary/aromatic N) is 1. The number of hydrogen-bond acceptors (Lipinski definition) is 3. The molecule has 1 atom stereocenters. The zero-order chi connectivity index (χ0) is 20.7. The molecule has 0 bridgehead atoms. The molecule has 0 aliphatic carbocycles. The number of nitrogens with one attached hydrogen (secondary N) is 1. The number of likely N-dealkylation sites (N-methyl/N-ethyl adjacent to an activating group) is 1. The minimum atomic E-state index is -1.27. The average Bonchev–Trinajstić information content (AvgIpc) is 2.96. The molecule has 1 heterocycles. The van der Waals surface area contributed by atoms with Gasteiger partial charge in [0.15, 0.2) is 17.4 Å². The second kappa shape index (κ2) is 7.03. The number of rotatable bonds is 3. The molecule has 2 aromatic carbocycles. The van der Waals surface area contributed by atoms with Gasteiger partial charge in [-0.2, -0.15) is 0 Å². The van der Waals surface area contributed by atoms with Crippen molar-refractivity contribution in [3.8, 4) is 5.75 Å². The summed E-state index contributed by atoms with van der Waals surface area (Å²) in [6.45, 7) is 2.97. The van der Waals surface area contributed by atoms with Crippen LogP contribution in [-0.4, -0.2) is 28.5 Å². The van der Waals surface area contributed by atoms with Gasteiger partial charge in [0.05, 0.1) is 11.4 Å². The minimum absolute atomic E-state index is 0.0342. The predicted octanol–water partition coefficient (Wildman–Crippen LogP) is 3.61. The summed E-state index contributed by atoms with van der Waals surface area (Å²) in [5.74, 6) is -6.44. The zero-order valence-corrected chi connectivity index (χ0v) is 15.3. The molecule has 0 spiro atoms. The Labute approximate surface area is 158 Å². The van der Waals surface area contributed by atoms with Crippen molar-refractivity contribution in [1.29, 1.82) is 0 Å². The highest BCUT2D eigenvalue weighted by molar-refractivity contribution is 6.05. The highest BCUT2D eigenvalue weighted by atomic mass is 19.1. The van der Waals surface area contributed by atoms with Crippen LogP contribution in [0.1, 0.15) is 34.5 Å². The van der Waals surface area contributed by atoms with Crippen molar-refractivity contribution < 1.29 is 27.9 Å². The number of aromatic nitrogens is 1. The molecule has 2 N–H and O–H groups in total. The lowest BCUT2D eigenvalue weighted by Crippen LogP contribution is -2.24. The third kappa shape index (κ3) is 2.90. The fourth-order valence-corrected chi connectivity index (χ4v) is 3.40. The predicted molar refractivity (Wildman–Crippen MR) is 96.9 cm³/mol. The van der Waals surface area contributed by atoms with Gasteiger partial charge in [-0.3, -0.25) is 14.2 Å². The van der Waals surface area contributed by atoms with Crippen LogP contribution in [0.5, 0.6) is 5.75 Å². The molecular formula is C20H17F3N2O3. The van der Waals surface area contributed by atoms with Crippen LogP contribution in [-0.2, 0) is 4.79 Å². The maximum atomic E-state index is 14.8. The monoisotopic (exact) mass is 390 g/mol. The van der Waals surface area contributed by atoms with Gasteiger partial charge in [-0.25, -0.2) is 13.2 Å². The Morgan fingerprint density at radius 1 is 1.18 bits per heavy atom. The van der Waals surface area contributed by atoms with Gasteiger partial charge in [0, 0.05) is 29.8 Å². The van der Waals surface area contributed by atoms with E-state index < -0.39 is 40.9 Å². The van der Waals surface area contributed by atoms with Gasteiger partial charge in [-0.05, 0) is 37.6 Å². The standard InChI is InChI=1S/C20H17F3N2O3/c1-9(19(27)24-3)15-10(2)25(20(28)11-5-4-6-12(21)7-11)14-8-13(22)18(26)17(23)16(14)15/h4-9,26H,1-3H3,(H,24,27)/t9-/m0/s1. The van der Waals surface area contributed by atoms with Crippen LogP contribution in [0.25, 0.3) is 10.9 Å². The zero-order valence-electron chi connectivity index (χ0n) is 15.3. The maximum Gasteiger partial charge on any atom is 0.262 e. The van der Waals surface area contributed by atoms with Crippen LogP contribution in [0, 0.1) is 24.4 Å². The fourth-order valence-electron chi connectivity index (χ4n) is 3.40. The van der Waals surface area contributed by atoms with E-state index in [1.54, 1.807) is 0 Å². The van der Waals surface area contributed by atoms with Crippen molar-refractivity contribution in [3.05, 3.63) is 64.6 Å².